The zero-order chi connectivity index (χ0) is 26.4. The van der Waals surface area contributed by atoms with Gasteiger partial charge in [0.15, 0.2) is 0 Å². The normalized spacial score (nSPS) is 25.1. The molecule has 4 atom stereocenters. The first-order chi connectivity index (χ1) is 17.7. The van der Waals surface area contributed by atoms with Crippen LogP contribution in [-0.4, -0.2) is 68.7 Å². The third-order valence-corrected chi connectivity index (χ3v) is 9.22. The summed E-state index contributed by atoms with van der Waals surface area (Å²) in [5.74, 6) is 0.411. The van der Waals surface area contributed by atoms with Crippen molar-refractivity contribution in [2.75, 3.05) is 38.3 Å². The van der Waals surface area contributed by atoms with Gasteiger partial charge in [-0.25, -0.2) is 21.9 Å². The Labute approximate surface area is 220 Å². The Balaban J connectivity index is 1.41. The number of sulfonamides is 1. The molecule has 37 heavy (non-hydrogen) atoms. The van der Waals surface area contributed by atoms with Gasteiger partial charge in [0, 0.05) is 37.9 Å². The van der Waals surface area contributed by atoms with Gasteiger partial charge >= 0.3 is 6.03 Å². The minimum absolute atomic E-state index is 0.0367. The van der Waals surface area contributed by atoms with Crippen LogP contribution in [0.1, 0.15) is 37.7 Å². The summed E-state index contributed by atoms with van der Waals surface area (Å²) in [5.41, 5.74) is 1.89. The zero-order valence-electron chi connectivity index (χ0n) is 21.8. The molecule has 202 valence electrons. The molecule has 1 saturated heterocycles. The van der Waals surface area contributed by atoms with Crippen LogP contribution in [0, 0.1) is 17.7 Å². The standard InChI is InChI=1S/C28H39FN4O3S/c1-32(37(2,35)36)26-14-15-27(31-28(34)30-25-8-4-3-5-9-25)23(18-26)20-33-16-6-7-22(19-33)17-21-10-12-24(29)13-11-21/h3-5,8-13,22-23,26-27H,6-7,14-20H2,1-2H3,(H2,30,31,34)/t22-,23-,26+,27+/m0/s1. The molecule has 0 aromatic heterocycles. The van der Waals surface area contributed by atoms with Gasteiger partial charge < -0.3 is 15.5 Å². The molecule has 1 aliphatic heterocycles. The van der Waals surface area contributed by atoms with Crippen molar-refractivity contribution in [2.24, 2.45) is 11.8 Å². The highest BCUT2D eigenvalue weighted by Gasteiger charge is 2.37. The van der Waals surface area contributed by atoms with Gasteiger partial charge in [-0.2, -0.15) is 0 Å². The van der Waals surface area contributed by atoms with Crippen LogP contribution in [0.15, 0.2) is 54.6 Å². The number of piperidine rings is 1. The van der Waals surface area contributed by atoms with E-state index in [1.165, 1.54) is 22.7 Å². The Morgan fingerprint density at radius 1 is 1.08 bits per heavy atom. The number of urea groups is 1. The average molecular weight is 531 g/mol. The van der Waals surface area contributed by atoms with Crippen molar-refractivity contribution in [3.63, 3.8) is 0 Å². The molecule has 2 aromatic rings. The van der Waals surface area contributed by atoms with Crippen molar-refractivity contribution < 1.29 is 17.6 Å². The smallest absolute Gasteiger partial charge is 0.319 e. The van der Waals surface area contributed by atoms with E-state index in [2.05, 4.69) is 15.5 Å². The molecule has 2 aliphatic rings. The van der Waals surface area contributed by atoms with E-state index in [9.17, 15) is 17.6 Å². The Morgan fingerprint density at radius 3 is 2.51 bits per heavy atom. The van der Waals surface area contributed by atoms with E-state index in [4.69, 9.17) is 0 Å². The summed E-state index contributed by atoms with van der Waals surface area (Å²) in [4.78, 5) is 15.3. The molecule has 2 amide bonds. The van der Waals surface area contributed by atoms with E-state index in [0.29, 0.717) is 18.8 Å². The Bertz CT molecular complexity index is 1130. The summed E-state index contributed by atoms with van der Waals surface area (Å²) in [6.45, 7) is 2.75. The van der Waals surface area contributed by atoms with Crippen LogP contribution < -0.4 is 10.6 Å². The molecule has 7 nitrogen and oxygen atoms in total. The van der Waals surface area contributed by atoms with Gasteiger partial charge in [-0.3, -0.25) is 0 Å². The Hall–Kier alpha value is -2.49. The predicted octanol–water partition coefficient (Wildman–Crippen LogP) is 4.33. The van der Waals surface area contributed by atoms with Gasteiger partial charge in [0.1, 0.15) is 5.82 Å². The lowest BCUT2D eigenvalue weighted by Crippen LogP contribution is -2.53. The third-order valence-electron chi connectivity index (χ3n) is 7.87. The first kappa shape index (κ1) is 27.5. The highest BCUT2D eigenvalue weighted by atomic mass is 32.2. The van der Waals surface area contributed by atoms with Crippen molar-refractivity contribution in [1.82, 2.24) is 14.5 Å². The van der Waals surface area contributed by atoms with Crippen LogP contribution in [0.5, 0.6) is 0 Å². The number of para-hydroxylation sites is 1. The average Bonchev–Trinajstić information content (AvgIpc) is 2.86. The second-order valence-electron chi connectivity index (χ2n) is 10.7. The number of anilines is 1. The first-order valence-corrected chi connectivity index (χ1v) is 15.0. The Morgan fingerprint density at radius 2 is 1.81 bits per heavy atom. The monoisotopic (exact) mass is 530 g/mol. The van der Waals surface area contributed by atoms with Gasteiger partial charge in [0.2, 0.25) is 10.0 Å². The molecule has 2 aromatic carbocycles. The maximum absolute atomic E-state index is 13.3. The number of halogens is 1. The van der Waals surface area contributed by atoms with Crippen molar-refractivity contribution in [2.45, 2.75) is 50.6 Å². The molecule has 2 N–H and O–H groups in total. The number of nitrogens with one attached hydrogen (secondary N) is 2. The molecule has 0 spiro atoms. The minimum Gasteiger partial charge on any atom is -0.335 e. The third kappa shape index (κ3) is 7.99. The van der Waals surface area contributed by atoms with E-state index < -0.39 is 10.0 Å². The van der Waals surface area contributed by atoms with E-state index in [1.54, 1.807) is 7.05 Å². The van der Waals surface area contributed by atoms with Crippen molar-refractivity contribution in [1.29, 1.82) is 0 Å². The molecule has 0 radical (unpaired) electrons. The number of hydrogen-bond donors (Lipinski definition) is 2. The van der Waals surface area contributed by atoms with Crippen molar-refractivity contribution in [3.05, 3.63) is 66.0 Å². The van der Waals surface area contributed by atoms with Gasteiger partial charge in [-0.15, -0.1) is 0 Å². The van der Waals surface area contributed by atoms with E-state index >= 15 is 0 Å². The first-order valence-electron chi connectivity index (χ1n) is 13.2. The summed E-state index contributed by atoms with van der Waals surface area (Å²) >= 11 is 0. The second kappa shape index (κ2) is 12.4. The summed E-state index contributed by atoms with van der Waals surface area (Å²) in [5, 5.41) is 6.09. The minimum atomic E-state index is -3.29. The van der Waals surface area contributed by atoms with E-state index in [1.807, 2.05) is 42.5 Å². The number of amides is 2. The largest absolute Gasteiger partial charge is 0.335 e. The van der Waals surface area contributed by atoms with Gasteiger partial charge in [-0.1, -0.05) is 30.3 Å². The van der Waals surface area contributed by atoms with Crippen LogP contribution in [0.3, 0.4) is 0 Å². The molecule has 9 heteroatoms. The number of likely N-dealkylation sites (tertiary alicyclic amines) is 1. The molecule has 1 aliphatic carbocycles. The van der Waals surface area contributed by atoms with Crippen LogP contribution in [0.4, 0.5) is 14.9 Å². The van der Waals surface area contributed by atoms with Crippen LogP contribution in [-0.2, 0) is 16.4 Å². The summed E-state index contributed by atoms with van der Waals surface area (Å²) in [6.07, 6.45) is 6.55. The fraction of sp³-hybridized carbons (Fsp3) is 0.536. The molecule has 1 heterocycles. The number of carbonyl (C=O) groups excluding carboxylic acids is 1. The van der Waals surface area contributed by atoms with E-state index in [-0.39, 0.29) is 29.8 Å². The summed E-state index contributed by atoms with van der Waals surface area (Å²) < 4.78 is 39.3. The van der Waals surface area contributed by atoms with Crippen LogP contribution in [0.2, 0.25) is 0 Å². The number of carbonyl (C=O) groups is 1. The zero-order valence-corrected chi connectivity index (χ0v) is 22.6. The Kier molecular flexibility index (Phi) is 9.21. The maximum atomic E-state index is 13.3. The number of rotatable bonds is 8. The lowest BCUT2D eigenvalue weighted by Gasteiger charge is -2.43. The molecule has 0 unspecified atom stereocenters. The second-order valence-corrected chi connectivity index (χ2v) is 12.7. The lowest BCUT2D eigenvalue weighted by atomic mass is 9.80. The topological polar surface area (TPSA) is 81.8 Å². The van der Waals surface area contributed by atoms with Gasteiger partial charge in [-0.05, 0) is 86.7 Å². The highest BCUT2D eigenvalue weighted by molar-refractivity contribution is 7.88. The fourth-order valence-electron chi connectivity index (χ4n) is 5.86. The van der Waals surface area contributed by atoms with Gasteiger partial charge in [0.05, 0.1) is 6.26 Å². The lowest BCUT2D eigenvalue weighted by molar-refractivity contribution is 0.104. The molecule has 1 saturated carbocycles. The molecule has 2 fully saturated rings. The van der Waals surface area contributed by atoms with Crippen LogP contribution in [0.25, 0.3) is 0 Å². The highest BCUT2D eigenvalue weighted by Crippen LogP contribution is 2.31. The maximum Gasteiger partial charge on any atom is 0.319 e. The van der Waals surface area contributed by atoms with Gasteiger partial charge in [0.25, 0.3) is 0 Å². The van der Waals surface area contributed by atoms with E-state index in [0.717, 1.165) is 56.6 Å². The summed E-state index contributed by atoms with van der Waals surface area (Å²) in [6, 6.07) is 15.8. The summed E-state index contributed by atoms with van der Waals surface area (Å²) in [7, 11) is -1.63. The fourth-order valence-corrected chi connectivity index (χ4v) is 6.59. The number of nitrogens with zero attached hydrogens (tertiary/aromatic N) is 2. The molecular weight excluding hydrogens is 491 g/mol. The number of hydrogen-bond acceptors (Lipinski definition) is 4. The van der Waals surface area contributed by atoms with Crippen molar-refractivity contribution in [3.8, 4) is 0 Å². The molecule has 0 bridgehead atoms. The quantitative estimate of drug-likeness (QED) is 0.532. The van der Waals surface area contributed by atoms with Crippen molar-refractivity contribution >= 4 is 21.7 Å². The predicted molar refractivity (Wildman–Crippen MR) is 145 cm³/mol. The molecular formula is C28H39FN4O3S. The number of benzene rings is 2. The SMILES string of the molecule is CN([C@@H]1CC[C@@H](NC(=O)Nc2ccccc2)[C@H](CN2CCC[C@@H](Cc3ccc(F)cc3)C2)C1)S(C)(=O)=O. The van der Waals surface area contributed by atoms with Crippen LogP contribution >= 0.6 is 0 Å². The molecule has 4 rings (SSSR count).